The van der Waals surface area contributed by atoms with E-state index >= 15 is 0 Å². The zero-order chi connectivity index (χ0) is 13.7. The van der Waals surface area contributed by atoms with Crippen LogP contribution in [-0.4, -0.2) is 5.11 Å². The van der Waals surface area contributed by atoms with Gasteiger partial charge in [0.1, 0.15) is 0 Å². The van der Waals surface area contributed by atoms with Crippen LogP contribution in [0.4, 0.5) is 0 Å². The first-order valence-electron chi connectivity index (χ1n) is 6.91. The number of nitrogens with zero attached hydrogens (tertiary/aromatic N) is 1. The highest BCUT2D eigenvalue weighted by Crippen LogP contribution is 2.17. The predicted octanol–water partition coefficient (Wildman–Crippen LogP) is 3.57. The Morgan fingerprint density at radius 1 is 0.895 bits per heavy atom. The Balaban J connectivity index is 2.06. The van der Waals surface area contributed by atoms with E-state index in [0.717, 1.165) is 12.8 Å². The molecule has 0 aliphatic heterocycles. The first-order chi connectivity index (χ1) is 9.16. The van der Waals surface area contributed by atoms with E-state index in [9.17, 15) is 5.11 Å². The molecule has 2 aromatic rings. The van der Waals surface area contributed by atoms with Crippen LogP contribution in [0.5, 0.6) is 0 Å². The second-order valence-electron chi connectivity index (χ2n) is 5.35. The first kappa shape index (κ1) is 13.8. The van der Waals surface area contributed by atoms with Gasteiger partial charge in [-0.15, -0.1) is 0 Å². The Morgan fingerprint density at radius 3 is 2.05 bits per heavy atom. The van der Waals surface area contributed by atoms with Gasteiger partial charge < -0.3 is 5.11 Å². The number of pyridine rings is 1. The van der Waals surface area contributed by atoms with E-state index in [-0.39, 0.29) is 0 Å². The molecule has 0 aliphatic carbocycles. The van der Waals surface area contributed by atoms with E-state index in [1.807, 2.05) is 47.3 Å². The fraction of sp³-hybridized carbons (Fsp3) is 0.353. The van der Waals surface area contributed by atoms with Crippen molar-refractivity contribution in [2.24, 2.45) is 5.92 Å². The molecule has 100 valence electrons. The molecule has 0 fully saturated rings. The largest absolute Gasteiger partial charge is 0.337 e. The van der Waals surface area contributed by atoms with Crippen LogP contribution in [0.3, 0.4) is 0 Å². The van der Waals surface area contributed by atoms with Gasteiger partial charge in [0.25, 0.3) is 6.23 Å². The summed E-state index contributed by atoms with van der Waals surface area (Å²) in [5.41, 5.74) is 2.37. The summed E-state index contributed by atoms with van der Waals surface area (Å²) in [4.78, 5) is 0. The lowest BCUT2D eigenvalue weighted by Crippen LogP contribution is -2.38. The highest BCUT2D eigenvalue weighted by atomic mass is 16.3. The predicted molar refractivity (Wildman–Crippen MR) is 77.4 cm³/mol. The van der Waals surface area contributed by atoms with E-state index in [0.29, 0.717) is 5.92 Å². The van der Waals surface area contributed by atoms with Crippen LogP contribution in [0.25, 0.3) is 11.1 Å². The minimum Gasteiger partial charge on any atom is -0.337 e. The monoisotopic (exact) mass is 256 g/mol. The molecule has 1 N–H and O–H groups in total. The molecule has 0 amide bonds. The van der Waals surface area contributed by atoms with Gasteiger partial charge in [-0.3, -0.25) is 0 Å². The van der Waals surface area contributed by atoms with Crippen molar-refractivity contribution in [3.05, 3.63) is 54.9 Å². The zero-order valence-corrected chi connectivity index (χ0v) is 11.7. The normalized spacial score (nSPS) is 12.6. The Hall–Kier alpha value is -1.67. The van der Waals surface area contributed by atoms with E-state index in [4.69, 9.17) is 0 Å². The number of rotatable bonds is 5. The summed E-state index contributed by atoms with van der Waals surface area (Å²) >= 11 is 0. The lowest BCUT2D eigenvalue weighted by atomic mass is 10.1. The Bertz CT molecular complexity index is 490. The number of hydrogen-bond donors (Lipinski definition) is 1. The number of aliphatic hydroxyl groups excluding tert-OH is 1. The third-order valence-corrected chi connectivity index (χ3v) is 3.31. The lowest BCUT2D eigenvalue weighted by Gasteiger charge is -2.08. The van der Waals surface area contributed by atoms with E-state index < -0.39 is 6.23 Å². The van der Waals surface area contributed by atoms with Crippen molar-refractivity contribution in [1.82, 2.24) is 0 Å². The quantitative estimate of drug-likeness (QED) is 0.812. The minimum atomic E-state index is -0.424. The number of benzene rings is 1. The van der Waals surface area contributed by atoms with Gasteiger partial charge in [0.05, 0.1) is 0 Å². The van der Waals surface area contributed by atoms with Crippen molar-refractivity contribution in [3.8, 4) is 11.1 Å². The second kappa shape index (κ2) is 6.48. The molecule has 0 aliphatic rings. The molecule has 1 aromatic carbocycles. The Kier molecular flexibility index (Phi) is 4.69. The molecule has 2 heteroatoms. The third kappa shape index (κ3) is 3.90. The molecule has 2 rings (SSSR count). The molecule has 0 unspecified atom stereocenters. The molecule has 2 nitrogen and oxygen atoms in total. The highest BCUT2D eigenvalue weighted by Gasteiger charge is 2.14. The number of hydrogen-bond acceptors (Lipinski definition) is 1. The van der Waals surface area contributed by atoms with Crippen LogP contribution < -0.4 is 4.57 Å². The summed E-state index contributed by atoms with van der Waals surface area (Å²) < 4.78 is 1.87. The third-order valence-electron chi connectivity index (χ3n) is 3.31. The van der Waals surface area contributed by atoms with Crippen molar-refractivity contribution >= 4 is 0 Å². The molecular weight excluding hydrogens is 234 g/mol. The summed E-state index contributed by atoms with van der Waals surface area (Å²) in [6.45, 7) is 4.35. The fourth-order valence-corrected chi connectivity index (χ4v) is 2.09. The second-order valence-corrected chi connectivity index (χ2v) is 5.35. The van der Waals surface area contributed by atoms with Gasteiger partial charge in [0.15, 0.2) is 12.4 Å². The number of aromatic nitrogens is 1. The molecule has 1 heterocycles. The van der Waals surface area contributed by atoms with Crippen LogP contribution in [0, 0.1) is 5.92 Å². The van der Waals surface area contributed by atoms with Crippen molar-refractivity contribution in [1.29, 1.82) is 0 Å². The maximum atomic E-state index is 10.1. The summed E-state index contributed by atoms with van der Waals surface area (Å²) in [7, 11) is 0. The summed E-state index contributed by atoms with van der Waals surface area (Å²) in [5.74, 6) is 0.624. The molecular formula is C17H22NO+. The maximum absolute atomic E-state index is 10.1. The van der Waals surface area contributed by atoms with Gasteiger partial charge >= 0.3 is 0 Å². The van der Waals surface area contributed by atoms with Crippen LogP contribution in [-0.2, 0) is 0 Å². The van der Waals surface area contributed by atoms with Crippen molar-refractivity contribution in [2.45, 2.75) is 32.9 Å². The topological polar surface area (TPSA) is 24.1 Å². The van der Waals surface area contributed by atoms with Gasteiger partial charge in [0.2, 0.25) is 0 Å². The number of aliphatic hydroxyl groups is 1. The van der Waals surface area contributed by atoms with Gasteiger partial charge in [-0.1, -0.05) is 44.2 Å². The van der Waals surface area contributed by atoms with Crippen LogP contribution in [0.2, 0.25) is 0 Å². The highest BCUT2D eigenvalue weighted by molar-refractivity contribution is 5.61. The molecule has 1 aromatic heterocycles. The van der Waals surface area contributed by atoms with Gasteiger partial charge in [-0.2, -0.15) is 4.57 Å². The van der Waals surface area contributed by atoms with E-state index in [1.165, 1.54) is 11.1 Å². The van der Waals surface area contributed by atoms with E-state index in [2.05, 4.69) is 26.0 Å². The SMILES string of the molecule is CC(C)CC[C@@H](O)[n+]1ccc(-c2ccccc2)cc1. The minimum absolute atomic E-state index is 0.424. The molecule has 19 heavy (non-hydrogen) atoms. The Morgan fingerprint density at radius 2 is 1.47 bits per heavy atom. The van der Waals surface area contributed by atoms with Gasteiger partial charge in [-0.05, 0) is 23.5 Å². The van der Waals surface area contributed by atoms with Crippen LogP contribution >= 0.6 is 0 Å². The summed E-state index contributed by atoms with van der Waals surface area (Å²) in [6, 6.07) is 14.4. The molecule has 0 bridgehead atoms. The molecule has 0 saturated carbocycles. The smallest absolute Gasteiger partial charge is 0.259 e. The summed E-state index contributed by atoms with van der Waals surface area (Å²) in [6.07, 6.45) is 5.31. The van der Waals surface area contributed by atoms with E-state index in [1.54, 1.807) is 0 Å². The zero-order valence-electron chi connectivity index (χ0n) is 11.7. The maximum Gasteiger partial charge on any atom is 0.259 e. The van der Waals surface area contributed by atoms with Crippen LogP contribution in [0.1, 0.15) is 32.9 Å². The van der Waals surface area contributed by atoms with Crippen molar-refractivity contribution < 1.29 is 9.67 Å². The molecule has 0 radical (unpaired) electrons. The van der Waals surface area contributed by atoms with Gasteiger partial charge in [-0.25, -0.2) is 0 Å². The standard InChI is InChI=1S/C17H22NO/c1-14(2)8-9-17(19)18-12-10-16(11-13-18)15-6-4-3-5-7-15/h3-7,10-14,17,19H,8-9H2,1-2H3/q+1/t17-/m1/s1. The summed E-state index contributed by atoms with van der Waals surface area (Å²) in [5, 5.41) is 10.1. The van der Waals surface area contributed by atoms with Crippen LogP contribution in [0.15, 0.2) is 54.9 Å². The van der Waals surface area contributed by atoms with Gasteiger partial charge in [0, 0.05) is 18.6 Å². The average molecular weight is 256 g/mol. The average Bonchev–Trinajstić information content (AvgIpc) is 2.46. The molecule has 0 spiro atoms. The first-order valence-corrected chi connectivity index (χ1v) is 6.91. The molecule has 1 atom stereocenters. The van der Waals surface area contributed by atoms with Crippen molar-refractivity contribution in [2.75, 3.05) is 0 Å². The fourth-order valence-electron chi connectivity index (χ4n) is 2.09. The lowest BCUT2D eigenvalue weighted by molar-refractivity contribution is -0.760. The Labute approximate surface area is 115 Å². The molecule has 0 saturated heterocycles. The van der Waals surface area contributed by atoms with Crippen molar-refractivity contribution in [3.63, 3.8) is 0 Å².